The molecule has 0 fully saturated rings. The van der Waals surface area contributed by atoms with Crippen LogP contribution in [-0.4, -0.2) is 30.7 Å². The molecule has 0 aliphatic heterocycles. The number of aromatic nitrogens is 1. The van der Waals surface area contributed by atoms with Gasteiger partial charge in [-0.3, -0.25) is 0 Å². The fraction of sp³-hybridized carbons (Fsp3) is 0.222. The van der Waals surface area contributed by atoms with Crippen LogP contribution >= 0.6 is 0 Å². The molecule has 118 valence electrons. The number of methoxy groups -OCH3 is 2. The zero-order valence-corrected chi connectivity index (χ0v) is 13.5. The highest BCUT2D eigenvalue weighted by Crippen LogP contribution is 2.35. The van der Waals surface area contributed by atoms with E-state index in [1.165, 1.54) is 14.2 Å². The molecule has 2 aromatic carbocycles. The van der Waals surface area contributed by atoms with Gasteiger partial charge in [0.15, 0.2) is 0 Å². The van der Waals surface area contributed by atoms with E-state index in [0.29, 0.717) is 5.52 Å². The Labute approximate surface area is 133 Å². The predicted molar refractivity (Wildman–Crippen MR) is 87.8 cm³/mol. The van der Waals surface area contributed by atoms with Gasteiger partial charge in [-0.15, -0.1) is 0 Å². The predicted octanol–water partition coefficient (Wildman–Crippen LogP) is 3.21. The van der Waals surface area contributed by atoms with E-state index in [1.807, 2.05) is 42.8 Å². The maximum atomic E-state index is 12.4. The van der Waals surface area contributed by atoms with Gasteiger partial charge in [-0.2, -0.15) is 0 Å². The average molecular weight is 311 g/mol. The highest BCUT2D eigenvalue weighted by atomic mass is 16.5. The van der Waals surface area contributed by atoms with E-state index in [9.17, 15) is 9.59 Å². The number of esters is 2. The van der Waals surface area contributed by atoms with Gasteiger partial charge in [0, 0.05) is 23.3 Å². The summed E-state index contributed by atoms with van der Waals surface area (Å²) in [6.45, 7) is 1.92. The zero-order valence-electron chi connectivity index (χ0n) is 13.5. The molecule has 5 heteroatoms. The first kappa shape index (κ1) is 15.1. The minimum Gasteiger partial charge on any atom is -0.465 e. The van der Waals surface area contributed by atoms with Crippen LogP contribution in [0.2, 0.25) is 0 Å². The van der Waals surface area contributed by atoms with Crippen molar-refractivity contribution in [2.75, 3.05) is 14.2 Å². The summed E-state index contributed by atoms with van der Waals surface area (Å²) in [5, 5.41) is 1.97. The summed E-state index contributed by atoms with van der Waals surface area (Å²) in [5.41, 5.74) is 3.02. The monoisotopic (exact) mass is 311 g/mol. The van der Waals surface area contributed by atoms with E-state index in [0.717, 1.165) is 21.9 Å². The third-order valence-corrected chi connectivity index (χ3v) is 4.16. The number of benzene rings is 2. The number of fused-ring (bicyclic) bond motifs is 3. The Morgan fingerprint density at radius 2 is 1.70 bits per heavy atom. The van der Waals surface area contributed by atoms with Crippen molar-refractivity contribution in [3.63, 3.8) is 0 Å². The van der Waals surface area contributed by atoms with Crippen LogP contribution < -0.4 is 0 Å². The van der Waals surface area contributed by atoms with Crippen LogP contribution in [0, 0.1) is 6.92 Å². The van der Waals surface area contributed by atoms with Gasteiger partial charge in [0.25, 0.3) is 0 Å². The summed E-state index contributed by atoms with van der Waals surface area (Å²) in [5.74, 6) is -1.11. The van der Waals surface area contributed by atoms with Gasteiger partial charge in [-0.1, -0.05) is 18.2 Å². The minimum atomic E-state index is -0.555. The first-order valence-electron chi connectivity index (χ1n) is 7.18. The van der Waals surface area contributed by atoms with E-state index in [-0.39, 0.29) is 11.1 Å². The van der Waals surface area contributed by atoms with Gasteiger partial charge in [-0.25, -0.2) is 9.59 Å². The molecule has 1 heterocycles. The lowest BCUT2D eigenvalue weighted by Crippen LogP contribution is -2.14. The fourth-order valence-corrected chi connectivity index (χ4v) is 3.15. The Morgan fingerprint density at radius 1 is 1.04 bits per heavy atom. The van der Waals surface area contributed by atoms with Crippen LogP contribution in [0.1, 0.15) is 26.3 Å². The van der Waals surface area contributed by atoms with Crippen LogP contribution in [0.5, 0.6) is 0 Å². The number of ether oxygens (including phenoxy) is 2. The molecule has 1 aromatic heterocycles. The lowest BCUT2D eigenvalue weighted by molar-refractivity contribution is 0.0556. The Kier molecular flexibility index (Phi) is 3.56. The van der Waals surface area contributed by atoms with Crippen molar-refractivity contribution in [1.29, 1.82) is 0 Å². The maximum absolute atomic E-state index is 12.4. The van der Waals surface area contributed by atoms with Gasteiger partial charge in [0.2, 0.25) is 0 Å². The highest BCUT2D eigenvalue weighted by Gasteiger charge is 2.26. The van der Waals surface area contributed by atoms with Crippen molar-refractivity contribution in [2.45, 2.75) is 6.92 Å². The number of hydrogen-bond donors (Lipinski definition) is 0. The number of hydrogen-bond acceptors (Lipinski definition) is 4. The summed E-state index contributed by atoms with van der Waals surface area (Å²) in [4.78, 5) is 24.5. The van der Waals surface area contributed by atoms with Crippen molar-refractivity contribution < 1.29 is 19.1 Å². The van der Waals surface area contributed by atoms with E-state index in [1.54, 1.807) is 6.07 Å². The lowest BCUT2D eigenvalue weighted by atomic mass is 9.98. The topological polar surface area (TPSA) is 57.5 Å². The van der Waals surface area contributed by atoms with Gasteiger partial charge < -0.3 is 14.0 Å². The van der Waals surface area contributed by atoms with Crippen molar-refractivity contribution >= 4 is 33.7 Å². The molecular formula is C18H17NO4. The number of para-hydroxylation sites is 1. The molecule has 23 heavy (non-hydrogen) atoms. The molecule has 0 unspecified atom stereocenters. The maximum Gasteiger partial charge on any atom is 0.340 e. The Morgan fingerprint density at radius 3 is 2.35 bits per heavy atom. The van der Waals surface area contributed by atoms with Crippen LogP contribution in [-0.2, 0) is 16.5 Å². The molecule has 0 bridgehead atoms. The normalized spacial score (nSPS) is 11.0. The second-order valence-corrected chi connectivity index (χ2v) is 5.40. The number of rotatable bonds is 2. The van der Waals surface area contributed by atoms with E-state index < -0.39 is 11.9 Å². The third-order valence-electron chi connectivity index (χ3n) is 4.16. The Hall–Kier alpha value is -2.82. The van der Waals surface area contributed by atoms with E-state index in [4.69, 9.17) is 9.47 Å². The first-order valence-corrected chi connectivity index (χ1v) is 7.18. The molecule has 0 spiro atoms. The number of carbonyl (C=O) groups is 2. The second-order valence-electron chi connectivity index (χ2n) is 5.40. The average Bonchev–Trinajstić information content (AvgIpc) is 2.87. The van der Waals surface area contributed by atoms with Crippen LogP contribution in [0.4, 0.5) is 0 Å². The van der Waals surface area contributed by atoms with Crippen LogP contribution in [0.3, 0.4) is 0 Å². The standard InChI is InChI=1S/C18H17NO4/c1-10-9-12(17(20)22-3)15(18(21)23-4)16-14(10)11-7-5-6-8-13(11)19(16)2/h5-9H,1-4H3. The van der Waals surface area contributed by atoms with Crippen molar-refractivity contribution in [1.82, 2.24) is 4.57 Å². The molecule has 0 aliphatic carbocycles. The summed E-state index contributed by atoms with van der Waals surface area (Å²) in [6, 6.07) is 9.56. The SMILES string of the molecule is COC(=O)c1cc(C)c2c3ccccc3n(C)c2c1C(=O)OC. The molecule has 0 radical (unpaired) electrons. The van der Waals surface area contributed by atoms with Gasteiger partial charge in [0.05, 0.1) is 30.9 Å². The number of aryl methyl sites for hydroxylation is 2. The largest absolute Gasteiger partial charge is 0.465 e. The number of nitrogens with zero attached hydrogens (tertiary/aromatic N) is 1. The highest BCUT2D eigenvalue weighted by molar-refractivity contribution is 6.19. The van der Waals surface area contributed by atoms with E-state index in [2.05, 4.69) is 0 Å². The molecule has 0 saturated carbocycles. The third kappa shape index (κ3) is 2.08. The summed E-state index contributed by atoms with van der Waals surface area (Å²) in [7, 11) is 4.47. The second kappa shape index (κ2) is 5.43. The van der Waals surface area contributed by atoms with Crippen molar-refractivity contribution in [3.05, 3.63) is 47.0 Å². The summed E-state index contributed by atoms with van der Waals surface area (Å²) < 4.78 is 11.7. The van der Waals surface area contributed by atoms with Crippen molar-refractivity contribution in [2.24, 2.45) is 7.05 Å². The quantitative estimate of drug-likeness (QED) is 0.682. The molecular weight excluding hydrogens is 294 g/mol. The van der Waals surface area contributed by atoms with Crippen molar-refractivity contribution in [3.8, 4) is 0 Å². The lowest BCUT2D eigenvalue weighted by Gasteiger charge is -2.11. The Bertz CT molecular complexity index is 953. The van der Waals surface area contributed by atoms with Crippen LogP contribution in [0.25, 0.3) is 21.8 Å². The zero-order chi connectivity index (χ0) is 16.7. The molecule has 3 aromatic rings. The smallest absolute Gasteiger partial charge is 0.340 e. The van der Waals surface area contributed by atoms with Gasteiger partial charge in [0.1, 0.15) is 0 Å². The van der Waals surface area contributed by atoms with Crippen LogP contribution in [0.15, 0.2) is 30.3 Å². The molecule has 0 aliphatic rings. The first-order chi connectivity index (χ1) is 11.0. The fourth-order valence-electron chi connectivity index (χ4n) is 3.15. The van der Waals surface area contributed by atoms with Gasteiger partial charge in [-0.05, 0) is 24.6 Å². The van der Waals surface area contributed by atoms with Gasteiger partial charge >= 0.3 is 11.9 Å². The molecule has 5 nitrogen and oxygen atoms in total. The molecule has 0 amide bonds. The summed E-state index contributed by atoms with van der Waals surface area (Å²) in [6.07, 6.45) is 0. The summed E-state index contributed by atoms with van der Waals surface area (Å²) >= 11 is 0. The number of carbonyl (C=O) groups excluding carboxylic acids is 2. The Balaban J connectivity index is 2.59. The minimum absolute atomic E-state index is 0.218. The molecule has 0 N–H and O–H groups in total. The molecule has 3 rings (SSSR count). The molecule has 0 saturated heterocycles. The van der Waals surface area contributed by atoms with E-state index >= 15 is 0 Å². The molecule has 0 atom stereocenters.